The zero-order valence-corrected chi connectivity index (χ0v) is 13.7. The van der Waals surface area contributed by atoms with E-state index >= 15 is 0 Å². The van der Waals surface area contributed by atoms with Gasteiger partial charge in [0.2, 0.25) is 5.69 Å². The second-order valence-electron chi connectivity index (χ2n) is 4.71. The highest BCUT2D eigenvalue weighted by Gasteiger charge is 2.30. The number of methoxy groups -OCH3 is 1. The van der Waals surface area contributed by atoms with Crippen LogP contribution in [0.3, 0.4) is 0 Å². The molecule has 122 valence electrons. The van der Waals surface area contributed by atoms with Gasteiger partial charge in [-0.3, -0.25) is 19.6 Å². The molecule has 1 amide bonds. The molecule has 2 rings (SSSR count). The molecule has 0 aliphatic rings. The van der Waals surface area contributed by atoms with E-state index in [1.165, 1.54) is 37.1 Å². The molecule has 23 heavy (non-hydrogen) atoms. The molecule has 0 saturated carbocycles. The molecule has 0 fully saturated rings. The van der Waals surface area contributed by atoms with Crippen LogP contribution in [0.15, 0.2) is 6.07 Å². The molecule has 0 aromatic carbocycles. The molecule has 9 nitrogen and oxygen atoms in total. The van der Waals surface area contributed by atoms with Gasteiger partial charge in [-0.05, 0) is 19.9 Å². The number of nitrogens with zero attached hydrogens (tertiary/aromatic N) is 3. The van der Waals surface area contributed by atoms with Crippen LogP contribution in [0, 0.1) is 24.0 Å². The van der Waals surface area contributed by atoms with Crippen LogP contribution in [0.2, 0.25) is 0 Å². The summed E-state index contributed by atoms with van der Waals surface area (Å²) in [6.45, 7) is 3.26. The highest BCUT2D eigenvalue weighted by atomic mass is 32.1. The van der Waals surface area contributed by atoms with Gasteiger partial charge < -0.3 is 10.1 Å². The van der Waals surface area contributed by atoms with Crippen molar-refractivity contribution < 1.29 is 19.2 Å². The number of aryl methyl sites for hydroxylation is 2. The zero-order valence-electron chi connectivity index (χ0n) is 12.9. The summed E-state index contributed by atoms with van der Waals surface area (Å²) in [6.07, 6.45) is 0. The number of rotatable bonds is 4. The number of hydrogen-bond acceptors (Lipinski definition) is 7. The average molecular weight is 338 g/mol. The minimum absolute atomic E-state index is 0.193. The summed E-state index contributed by atoms with van der Waals surface area (Å²) in [5.41, 5.74) is -0.218. The highest BCUT2D eigenvalue weighted by Crippen LogP contribution is 2.30. The second kappa shape index (κ2) is 6.16. The van der Waals surface area contributed by atoms with Crippen molar-refractivity contribution in [1.29, 1.82) is 0 Å². The lowest BCUT2D eigenvalue weighted by molar-refractivity contribution is -0.385. The quantitative estimate of drug-likeness (QED) is 0.518. The molecular weight excluding hydrogens is 324 g/mol. The Morgan fingerprint density at radius 1 is 1.43 bits per heavy atom. The number of esters is 1. The Morgan fingerprint density at radius 3 is 2.65 bits per heavy atom. The molecule has 0 aliphatic carbocycles. The predicted molar refractivity (Wildman–Crippen MR) is 82.9 cm³/mol. The normalized spacial score (nSPS) is 10.4. The molecule has 2 heterocycles. The first-order valence-electron chi connectivity index (χ1n) is 6.44. The predicted octanol–water partition coefficient (Wildman–Crippen LogP) is 2.05. The van der Waals surface area contributed by atoms with Crippen molar-refractivity contribution in [3.05, 3.63) is 38.0 Å². The van der Waals surface area contributed by atoms with E-state index in [0.717, 1.165) is 4.88 Å². The number of nitrogens with one attached hydrogen (secondary N) is 1. The molecular formula is C13H14N4O5S. The number of ether oxygens (including phenoxy) is 1. The maximum Gasteiger partial charge on any atom is 0.340 e. The van der Waals surface area contributed by atoms with E-state index in [1.807, 2.05) is 0 Å². The van der Waals surface area contributed by atoms with Crippen molar-refractivity contribution in [2.24, 2.45) is 7.05 Å². The average Bonchev–Trinajstić information content (AvgIpc) is 2.99. The van der Waals surface area contributed by atoms with Gasteiger partial charge in [0.25, 0.3) is 5.91 Å². The number of carbonyl (C=O) groups excluding carboxylic acids is 2. The highest BCUT2D eigenvalue weighted by molar-refractivity contribution is 7.16. The van der Waals surface area contributed by atoms with Crippen LogP contribution in [0.25, 0.3) is 0 Å². The van der Waals surface area contributed by atoms with Gasteiger partial charge in [-0.15, -0.1) is 11.3 Å². The van der Waals surface area contributed by atoms with Gasteiger partial charge in [0.1, 0.15) is 10.7 Å². The Morgan fingerprint density at radius 2 is 2.09 bits per heavy atom. The molecule has 0 radical (unpaired) electrons. The molecule has 10 heteroatoms. The number of thiophene rings is 1. The second-order valence-corrected chi connectivity index (χ2v) is 5.97. The van der Waals surface area contributed by atoms with E-state index in [9.17, 15) is 19.7 Å². The lowest BCUT2D eigenvalue weighted by Crippen LogP contribution is -2.16. The molecule has 1 N–H and O–H groups in total. The van der Waals surface area contributed by atoms with Crippen LogP contribution in [-0.2, 0) is 11.8 Å². The topological polar surface area (TPSA) is 116 Å². The lowest BCUT2D eigenvalue weighted by Gasteiger charge is -2.03. The third kappa shape index (κ3) is 3.06. The van der Waals surface area contributed by atoms with Gasteiger partial charge in [0.05, 0.1) is 17.6 Å². The summed E-state index contributed by atoms with van der Waals surface area (Å²) >= 11 is 1.17. The fourth-order valence-electron chi connectivity index (χ4n) is 2.00. The summed E-state index contributed by atoms with van der Waals surface area (Å²) in [4.78, 5) is 35.3. The zero-order chi connectivity index (χ0) is 17.3. The minimum Gasteiger partial charge on any atom is -0.465 e. The fourth-order valence-corrected chi connectivity index (χ4v) is 2.89. The Balaban J connectivity index is 2.40. The van der Waals surface area contributed by atoms with Crippen molar-refractivity contribution in [2.45, 2.75) is 13.8 Å². The maximum atomic E-state index is 12.3. The van der Waals surface area contributed by atoms with Gasteiger partial charge in [-0.2, -0.15) is 5.10 Å². The summed E-state index contributed by atoms with van der Waals surface area (Å²) < 4.78 is 5.91. The standard InChI is InChI=1S/C13H14N4O5S/c1-6-5-8(13(19)22-4)12(23-6)14-11(18)9-10(17(20)21)7(2)16(3)15-9/h5H,1-4H3,(H,14,18). The lowest BCUT2D eigenvalue weighted by atomic mass is 10.2. The largest absolute Gasteiger partial charge is 0.465 e. The van der Waals surface area contributed by atoms with Crippen molar-refractivity contribution in [1.82, 2.24) is 9.78 Å². The summed E-state index contributed by atoms with van der Waals surface area (Å²) in [6, 6.07) is 1.57. The van der Waals surface area contributed by atoms with E-state index in [1.54, 1.807) is 13.0 Å². The number of aromatic nitrogens is 2. The van der Waals surface area contributed by atoms with Crippen molar-refractivity contribution in [3.8, 4) is 0 Å². The molecule has 0 spiro atoms. The molecule has 0 atom stereocenters. The van der Waals surface area contributed by atoms with Gasteiger partial charge >= 0.3 is 11.7 Å². The monoisotopic (exact) mass is 338 g/mol. The summed E-state index contributed by atoms with van der Waals surface area (Å²) in [7, 11) is 2.74. The smallest absolute Gasteiger partial charge is 0.340 e. The molecule has 0 saturated heterocycles. The SMILES string of the molecule is COC(=O)c1cc(C)sc1NC(=O)c1nn(C)c(C)c1[N+](=O)[O-]. The number of hydrogen-bond donors (Lipinski definition) is 1. The van der Waals surface area contributed by atoms with Crippen molar-refractivity contribution in [2.75, 3.05) is 12.4 Å². The van der Waals surface area contributed by atoms with Crippen LogP contribution in [0.1, 0.15) is 31.4 Å². The molecule has 2 aromatic rings. The van der Waals surface area contributed by atoms with Crippen molar-refractivity contribution >= 4 is 33.9 Å². The van der Waals surface area contributed by atoms with Gasteiger partial charge in [-0.1, -0.05) is 0 Å². The fraction of sp³-hybridized carbons (Fsp3) is 0.308. The van der Waals surface area contributed by atoms with Crippen LogP contribution in [0.5, 0.6) is 0 Å². The van der Waals surface area contributed by atoms with E-state index in [0.29, 0.717) is 0 Å². The van der Waals surface area contributed by atoms with Crippen LogP contribution < -0.4 is 5.32 Å². The molecule has 0 unspecified atom stereocenters. The summed E-state index contributed by atoms with van der Waals surface area (Å²) in [5.74, 6) is -1.36. The minimum atomic E-state index is -0.757. The first-order chi connectivity index (χ1) is 10.8. The van der Waals surface area contributed by atoms with E-state index in [4.69, 9.17) is 0 Å². The van der Waals surface area contributed by atoms with Crippen LogP contribution in [0.4, 0.5) is 10.7 Å². The van der Waals surface area contributed by atoms with Crippen molar-refractivity contribution in [3.63, 3.8) is 0 Å². The Hall–Kier alpha value is -2.75. The molecule has 2 aromatic heterocycles. The third-order valence-electron chi connectivity index (χ3n) is 3.19. The maximum absolute atomic E-state index is 12.3. The first-order valence-corrected chi connectivity index (χ1v) is 7.26. The summed E-state index contributed by atoms with van der Waals surface area (Å²) in [5, 5.41) is 17.8. The number of carbonyl (C=O) groups is 2. The van der Waals surface area contributed by atoms with E-state index in [-0.39, 0.29) is 27.6 Å². The molecule has 0 aliphatic heterocycles. The Kier molecular flexibility index (Phi) is 4.45. The van der Waals surface area contributed by atoms with Gasteiger partial charge in [0, 0.05) is 11.9 Å². The first kappa shape index (κ1) is 16.6. The Labute approximate surface area is 135 Å². The van der Waals surface area contributed by atoms with Gasteiger partial charge in [0.15, 0.2) is 0 Å². The number of anilines is 1. The Bertz CT molecular complexity index is 808. The van der Waals surface area contributed by atoms with Crippen LogP contribution in [-0.4, -0.2) is 33.7 Å². The van der Waals surface area contributed by atoms with Gasteiger partial charge in [-0.25, -0.2) is 4.79 Å². The molecule has 0 bridgehead atoms. The number of nitro groups is 1. The van der Waals surface area contributed by atoms with Crippen LogP contribution >= 0.6 is 11.3 Å². The third-order valence-corrected chi connectivity index (χ3v) is 4.15. The van der Waals surface area contributed by atoms with E-state index in [2.05, 4.69) is 15.2 Å². The number of amides is 1. The van der Waals surface area contributed by atoms with E-state index < -0.39 is 16.8 Å².